The summed E-state index contributed by atoms with van der Waals surface area (Å²) in [4.78, 5) is 5.83. The Morgan fingerprint density at radius 1 is 1.08 bits per heavy atom. The Balaban J connectivity index is 1.41. The molecule has 1 aromatic heterocycles. The monoisotopic (exact) mass is 328 g/mol. The fraction of sp³-hybridized carbons (Fsp3) is 0.217. The number of aryl methyl sites for hydroxylation is 1. The first-order valence-corrected chi connectivity index (χ1v) is 9.01. The molecule has 126 valence electrons. The molecule has 0 spiro atoms. The molecule has 1 N–H and O–H groups in total. The van der Waals surface area contributed by atoms with Crippen LogP contribution < -0.4 is 0 Å². The van der Waals surface area contributed by atoms with Crippen molar-refractivity contribution in [1.29, 1.82) is 0 Å². The van der Waals surface area contributed by atoms with Gasteiger partial charge in [0, 0.05) is 36.7 Å². The largest absolute Gasteiger partial charge is 0.361 e. The summed E-state index contributed by atoms with van der Waals surface area (Å²) in [5.74, 6) is 0. The summed E-state index contributed by atoms with van der Waals surface area (Å²) in [5, 5.41) is 1.31. The van der Waals surface area contributed by atoms with Crippen LogP contribution in [0.2, 0.25) is 0 Å². The van der Waals surface area contributed by atoms with Crippen molar-refractivity contribution in [3.05, 3.63) is 83.6 Å². The van der Waals surface area contributed by atoms with Crippen molar-refractivity contribution in [3.63, 3.8) is 0 Å². The van der Waals surface area contributed by atoms with Gasteiger partial charge in [0.25, 0.3) is 0 Å². The number of rotatable bonds is 4. The van der Waals surface area contributed by atoms with Crippen LogP contribution in [0, 0.1) is 6.92 Å². The number of aromatic amines is 1. The normalized spacial score (nSPS) is 15.8. The summed E-state index contributed by atoms with van der Waals surface area (Å²) in [6.45, 7) is 5.30. The van der Waals surface area contributed by atoms with Gasteiger partial charge in [0.15, 0.2) is 0 Å². The van der Waals surface area contributed by atoms with E-state index >= 15 is 0 Å². The minimum atomic E-state index is 0.998. The second kappa shape index (κ2) is 7.12. The average molecular weight is 328 g/mol. The van der Waals surface area contributed by atoms with E-state index in [2.05, 4.69) is 83.6 Å². The lowest BCUT2D eigenvalue weighted by atomic mass is 9.99. The second-order valence-electron chi connectivity index (χ2n) is 6.75. The highest BCUT2D eigenvalue weighted by Crippen LogP contribution is 2.23. The molecule has 0 bridgehead atoms. The molecule has 0 saturated heterocycles. The summed E-state index contributed by atoms with van der Waals surface area (Å²) >= 11 is 0. The Bertz CT molecular complexity index is 916. The summed E-state index contributed by atoms with van der Waals surface area (Å²) in [5.41, 5.74) is 6.68. The number of benzene rings is 2. The lowest BCUT2D eigenvalue weighted by Gasteiger charge is -2.25. The van der Waals surface area contributed by atoms with Crippen molar-refractivity contribution in [2.24, 2.45) is 0 Å². The summed E-state index contributed by atoms with van der Waals surface area (Å²) in [6.07, 6.45) is 10.1. The Morgan fingerprint density at radius 2 is 1.96 bits per heavy atom. The van der Waals surface area contributed by atoms with E-state index in [1.807, 2.05) is 6.20 Å². The Hall–Kier alpha value is -2.58. The Kier molecular flexibility index (Phi) is 4.53. The van der Waals surface area contributed by atoms with Crippen LogP contribution in [0.3, 0.4) is 0 Å². The van der Waals surface area contributed by atoms with E-state index in [1.54, 1.807) is 0 Å². The Morgan fingerprint density at radius 3 is 2.76 bits per heavy atom. The second-order valence-corrected chi connectivity index (χ2v) is 6.75. The highest BCUT2D eigenvalue weighted by Gasteiger charge is 2.11. The van der Waals surface area contributed by atoms with Crippen molar-refractivity contribution < 1.29 is 0 Å². The summed E-state index contributed by atoms with van der Waals surface area (Å²) in [7, 11) is 0. The van der Waals surface area contributed by atoms with Crippen LogP contribution in [0.1, 0.15) is 23.1 Å². The number of nitrogens with zero attached hydrogens (tertiary/aromatic N) is 1. The Labute approximate surface area is 149 Å². The van der Waals surface area contributed by atoms with Crippen molar-refractivity contribution in [1.82, 2.24) is 9.88 Å². The van der Waals surface area contributed by atoms with Crippen LogP contribution in [-0.2, 0) is 0 Å². The van der Waals surface area contributed by atoms with Gasteiger partial charge in [-0.05, 0) is 41.7 Å². The van der Waals surface area contributed by atoms with Crippen LogP contribution in [0.15, 0.2) is 66.9 Å². The summed E-state index contributed by atoms with van der Waals surface area (Å²) < 4.78 is 0. The molecule has 2 nitrogen and oxygen atoms in total. The number of H-pyrrole nitrogens is 1. The molecule has 2 heteroatoms. The highest BCUT2D eigenvalue weighted by molar-refractivity contribution is 5.90. The molecular formula is C23H24N2. The lowest BCUT2D eigenvalue weighted by Crippen LogP contribution is -2.28. The zero-order valence-electron chi connectivity index (χ0n) is 14.7. The molecule has 0 radical (unpaired) electrons. The minimum Gasteiger partial charge on any atom is -0.361 e. The third kappa shape index (κ3) is 3.45. The first kappa shape index (κ1) is 15.9. The van der Waals surface area contributed by atoms with E-state index in [1.165, 1.54) is 33.2 Å². The van der Waals surface area contributed by atoms with Crippen LogP contribution >= 0.6 is 0 Å². The molecule has 25 heavy (non-hydrogen) atoms. The van der Waals surface area contributed by atoms with E-state index < -0.39 is 0 Å². The zero-order chi connectivity index (χ0) is 17.1. The van der Waals surface area contributed by atoms with Gasteiger partial charge in [-0.25, -0.2) is 0 Å². The predicted octanol–water partition coefficient (Wildman–Crippen LogP) is 5.28. The molecule has 2 heterocycles. The molecule has 2 aromatic carbocycles. The highest BCUT2D eigenvalue weighted by atomic mass is 15.1. The van der Waals surface area contributed by atoms with Crippen molar-refractivity contribution >= 4 is 22.6 Å². The standard InChI is InChI=1S/C23H24N2/c1-18-9-10-21(22-11-14-24-23(18)22)8-5-15-25-16-12-20(13-17-25)19-6-3-2-4-7-19/h2-12,14,24H,13,15-17H2,1H3. The first-order chi connectivity index (χ1) is 12.3. The van der Waals surface area contributed by atoms with Crippen LogP contribution in [0.4, 0.5) is 0 Å². The smallest absolute Gasteiger partial charge is 0.0489 e. The predicted molar refractivity (Wildman–Crippen MR) is 108 cm³/mol. The number of hydrogen-bond donors (Lipinski definition) is 1. The van der Waals surface area contributed by atoms with Crippen LogP contribution in [0.25, 0.3) is 22.6 Å². The number of nitrogens with one attached hydrogen (secondary N) is 1. The fourth-order valence-electron chi connectivity index (χ4n) is 3.59. The molecule has 1 aliphatic heterocycles. The lowest BCUT2D eigenvalue weighted by molar-refractivity contribution is 0.335. The maximum atomic E-state index is 3.34. The molecule has 0 aliphatic carbocycles. The number of hydrogen-bond acceptors (Lipinski definition) is 1. The fourth-order valence-corrected chi connectivity index (χ4v) is 3.59. The maximum absolute atomic E-state index is 3.34. The molecule has 0 atom stereocenters. The van der Waals surface area contributed by atoms with Gasteiger partial charge in [-0.15, -0.1) is 0 Å². The van der Waals surface area contributed by atoms with Crippen molar-refractivity contribution in [2.45, 2.75) is 13.3 Å². The molecule has 0 unspecified atom stereocenters. The van der Waals surface area contributed by atoms with E-state index in [0.29, 0.717) is 0 Å². The molecular weight excluding hydrogens is 304 g/mol. The van der Waals surface area contributed by atoms with Gasteiger partial charge >= 0.3 is 0 Å². The van der Waals surface area contributed by atoms with E-state index in [0.717, 1.165) is 26.1 Å². The SMILES string of the molecule is Cc1ccc(C=CCN2CC=C(c3ccccc3)CC2)c2cc[nH]c12. The van der Waals surface area contributed by atoms with Crippen LogP contribution in [-0.4, -0.2) is 29.5 Å². The van der Waals surface area contributed by atoms with Gasteiger partial charge in [0.1, 0.15) is 0 Å². The van der Waals surface area contributed by atoms with Gasteiger partial charge in [-0.1, -0.05) is 60.7 Å². The molecule has 0 amide bonds. The minimum absolute atomic E-state index is 0.998. The third-order valence-corrected chi connectivity index (χ3v) is 5.06. The van der Waals surface area contributed by atoms with Gasteiger partial charge in [-0.3, -0.25) is 4.90 Å². The molecule has 3 aromatic rings. The maximum Gasteiger partial charge on any atom is 0.0489 e. The van der Waals surface area contributed by atoms with E-state index in [4.69, 9.17) is 0 Å². The zero-order valence-corrected chi connectivity index (χ0v) is 14.7. The summed E-state index contributed by atoms with van der Waals surface area (Å²) in [6, 6.07) is 17.3. The molecule has 0 fully saturated rings. The molecule has 1 aliphatic rings. The number of fused-ring (bicyclic) bond motifs is 1. The van der Waals surface area contributed by atoms with Gasteiger partial charge < -0.3 is 4.98 Å². The van der Waals surface area contributed by atoms with Gasteiger partial charge in [0.05, 0.1) is 0 Å². The van der Waals surface area contributed by atoms with Gasteiger partial charge in [-0.2, -0.15) is 0 Å². The topological polar surface area (TPSA) is 19.0 Å². The third-order valence-electron chi connectivity index (χ3n) is 5.06. The van der Waals surface area contributed by atoms with Crippen molar-refractivity contribution in [3.8, 4) is 0 Å². The first-order valence-electron chi connectivity index (χ1n) is 9.01. The van der Waals surface area contributed by atoms with Gasteiger partial charge in [0.2, 0.25) is 0 Å². The molecule has 4 rings (SSSR count). The van der Waals surface area contributed by atoms with Crippen molar-refractivity contribution in [2.75, 3.05) is 19.6 Å². The molecule has 0 saturated carbocycles. The van der Waals surface area contributed by atoms with Crippen LogP contribution in [0.5, 0.6) is 0 Å². The van der Waals surface area contributed by atoms with E-state index in [9.17, 15) is 0 Å². The quantitative estimate of drug-likeness (QED) is 0.690. The van der Waals surface area contributed by atoms with E-state index in [-0.39, 0.29) is 0 Å². The number of aromatic nitrogens is 1. The average Bonchev–Trinajstić information content (AvgIpc) is 3.16.